The predicted octanol–water partition coefficient (Wildman–Crippen LogP) is 2.49. The molecule has 1 unspecified atom stereocenters. The maximum absolute atomic E-state index is 12.9. The van der Waals surface area contributed by atoms with Crippen LogP contribution >= 0.6 is 0 Å². The van der Waals surface area contributed by atoms with Gasteiger partial charge < -0.3 is 5.32 Å². The van der Waals surface area contributed by atoms with Crippen molar-refractivity contribution in [2.75, 3.05) is 0 Å². The van der Waals surface area contributed by atoms with Crippen LogP contribution in [0.15, 0.2) is 36.7 Å². The molecular weight excluding hydrogens is 290 g/mol. The second-order valence-electron chi connectivity index (χ2n) is 6.15. The fourth-order valence-corrected chi connectivity index (χ4v) is 3.23. The maximum Gasteiger partial charge on any atom is 0.249 e. The minimum absolute atomic E-state index is 0.0333. The smallest absolute Gasteiger partial charge is 0.249 e. The van der Waals surface area contributed by atoms with Gasteiger partial charge in [-0.3, -0.25) is 4.79 Å². The van der Waals surface area contributed by atoms with Crippen LogP contribution in [0.1, 0.15) is 56.6 Å². The highest BCUT2D eigenvalue weighted by Gasteiger charge is 2.26. The van der Waals surface area contributed by atoms with Gasteiger partial charge >= 0.3 is 0 Å². The van der Waals surface area contributed by atoms with Gasteiger partial charge in [-0.1, -0.05) is 62.4 Å². The zero-order chi connectivity index (χ0) is 15.9. The molecule has 0 bridgehead atoms. The van der Waals surface area contributed by atoms with E-state index in [1.54, 1.807) is 0 Å². The number of rotatable bonds is 4. The lowest BCUT2D eigenvalue weighted by atomic mass is 9.96. The van der Waals surface area contributed by atoms with E-state index in [1.165, 1.54) is 43.1 Å². The van der Waals surface area contributed by atoms with Crippen LogP contribution < -0.4 is 5.32 Å². The van der Waals surface area contributed by atoms with Crippen molar-refractivity contribution in [3.05, 3.63) is 42.2 Å². The molecule has 122 valence electrons. The van der Waals surface area contributed by atoms with Crippen LogP contribution in [0.5, 0.6) is 0 Å². The van der Waals surface area contributed by atoms with Crippen LogP contribution in [0.3, 0.4) is 0 Å². The molecule has 1 fully saturated rings. The summed E-state index contributed by atoms with van der Waals surface area (Å²) in [4.78, 5) is 12.9. The van der Waals surface area contributed by atoms with Crippen molar-refractivity contribution in [2.24, 2.45) is 0 Å². The van der Waals surface area contributed by atoms with Gasteiger partial charge in [0.1, 0.15) is 6.33 Å². The van der Waals surface area contributed by atoms with E-state index < -0.39 is 6.04 Å². The Morgan fingerprint density at radius 3 is 2.43 bits per heavy atom. The van der Waals surface area contributed by atoms with E-state index in [0.717, 1.165) is 18.4 Å². The summed E-state index contributed by atoms with van der Waals surface area (Å²) in [5.41, 5.74) is 0.892. The SMILES string of the molecule is O=C(NC1CCCCCCC1)C(c1ccccc1)n1cnnn1. The van der Waals surface area contributed by atoms with Crippen molar-refractivity contribution < 1.29 is 4.79 Å². The molecule has 0 saturated heterocycles. The Labute approximate surface area is 136 Å². The summed E-state index contributed by atoms with van der Waals surface area (Å²) in [6.45, 7) is 0. The van der Waals surface area contributed by atoms with Crippen molar-refractivity contribution in [3.8, 4) is 0 Å². The third kappa shape index (κ3) is 4.15. The van der Waals surface area contributed by atoms with Gasteiger partial charge in [-0.05, 0) is 28.8 Å². The first-order valence-corrected chi connectivity index (χ1v) is 8.42. The van der Waals surface area contributed by atoms with Gasteiger partial charge in [0.05, 0.1) is 0 Å². The Morgan fingerprint density at radius 2 is 1.78 bits per heavy atom. The first-order valence-electron chi connectivity index (χ1n) is 8.42. The highest BCUT2D eigenvalue weighted by molar-refractivity contribution is 5.83. The van der Waals surface area contributed by atoms with Crippen molar-refractivity contribution in [3.63, 3.8) is 0 Å². The molecule has 6 nitrogen and oxygen atoms in total. The van der Waals surface area contributed by atoms with E-state index in [-0.39, 0.29) is 11.9 Å². The second kappa shape index (κ2) is 7.85. The number of hydrogen-bond acceptors (Lipinski definition) is 4. The fraction of sp³-hybridized carbons (Fsp3) is 0.529. The molecule has 1 aromatic heterocycles. The zero-order valence-corrected chi connectivity index (χ0v) is 13.3. The molecule has 0 spiro atoms. The summed E-state index contributed by atoms with van der Waals surface area (Å²) in [6.07, 6.45) is 9.83. The highest BCUT2D eigenvalue weighted by Crippen LogP contribution is 2.20. The number of hydrogen-bond donors (Lipinski definition) is 1. The highest BCUT2D eigenvalue weighted by atomic mass is 16.2. The van der Waals surface area contributed by atoms with E-state index in [9.17, 15) is 4.79 Å². The average Bonchev–Trinajstić information content (AvgIpc) is 3.05. The fourth-order valence-electron chi connectivity index (χ4n) is 3.23. The molecule has 1 saturated carbocycles. The van der Waals surface area contributed by atoms with Crippen molar-refractivity contribution in [1.29, 1.82) is 0 Å². The Hall–Kier alpha value is -2.24. The molecule has 1 aliphatic carbocycles. The molecule has 1 aliphatic rings. The Bertz CT molecular complexity index is 591. The molecule has 3 rings (SSSR count). The molecule has 1 heterocycles. The van der Waals surface area contributed by atoms with Crippen molar-refractivity contribution >= 4 is 5.91 Å². The standard InChI is InChI=1S/C17H23N5O/c23-17(19-15-11-7-2-1-3-8-12-15)16(22-13-18-20-21-22)14-9-5-4-6-10-14/h4-6,9-10,13,15-16H,1-3,7-8,11-12H2,(H,19,23). The average molecular weight is 313 g/mol. The number of aromatic nitrogens is 4. The molecule has 1 amide bonds. The predicted molar refractivity (Wildman–Crippen MR) is 86.6 cm³/mol. The molecule has 0 radical (unpaired) electrons. The Morgan fingerprint density at radius 1 is 1.09 bits per heavy atom. The minimum Gasteiger partial charge on any atom is -0.351 e. The van der Waals surface area contributed by atoms with E-state index in [0.29, 0.717) is 0 Å². The Balaban J connectivity index is 1.75. The lowest BCUT2D eigenvalue weighted by Gasteiger charge is -2.24. The zero-order valence-electron chi connectivity index (χ0n) is 13.3. The normalized spacial score (nSPS) is 17.9. The second-order valence-corrected chi connectivity index (χ2v) is 6.15. The minimum atomic E-state index is -0.517. The summed E-state index contributed by atoms with van der Waals surface area (Å²) in [7, 11) is 0. The summed E-state index contributed by atoms with van der Waals surface area (Å²) in [5, 5.41) is 14.5. The van der Waals surface area contributed by atoms with Gasteiger partial charge in [-0.15, -0.1) is 5.10 Å². The first-order chi connectivity index (χ1) is 11.3. The number of nitrogens with zero attached hydrogens (tertiary/aromatic N) is 4. The van der Waals surface area contributed by atoms with Gasteiger partial charge in [0.25, 0.3) is 0 Å². The molecular formula is C17H23N5O. The molecule has 1 aromatic carbocycles. The summed E-state index contributed by atoms with van der Waals surface area (Å²) < 4.78 is 1.52. The van der Waals surface area contributed by atoms with Gasteiger partial charge in [-0.2, -0.15) is 0 Å². The number of tetrazole rings is 1. The van der Waals surface area contributed by atoms with E-state index in [1.807, 2.05) is 30.3 Å². The van der Waals surface area contributed by atoms with E-state index in [2.05, 4.69) is 20.8 Å². The van der Waals surface area contributed by atoms with Crippen LogP contribution in [0.2, 0.25) is 0 Å². The van der Waals surface area contributed by atoms with Gasteiger partial charge in [0.15, 0.2) is 6.04 Å². The number of benzene rings is 1. The molecule has 1 atom stereocenters. The van der Waals surface area contributed by atoms with E-state index >= 15 is 0 Å². The number of nitrogens with one attached hydrogen (secondary N) is 1. The molecule has 23 heavy (non-hydrogen) atoms. The van der Waals surface area contributed by atoms with Crippen LogP contribution in [0, 0.1) is 0 Å². The van der Waals surface area contributed by atoms with E-state index in [4.69, 9.17) is 0 Å². The molecule has 0 aliphatic heterocycles. The molecule has 6 heteroatoms. The largest absolute Gasteiger partial charge is 0.351 e. The maximum atomic E-state index is 12.9. The third-order valence-electron chi connectivity index (χ3n) is 4.44. The monoisotopic (exact) mass is 313 g/mol. The summed E-state index contributed by atoms with van der Waals surface area (Å²) in [5.74, 6) is -0.0333. The lowest BCUT2D eigenvalue weighted by molar-refractivity contribution is -0.124. The van der Waals surface area contributed by atoms with Crippen molar-refractivity contribution in [1.82, 2.24) is 25.5 Å². The van der Waals surface area contributed by atoms with Crippen LogP contribution in [0.4, 0.5) is 0 Å². The number of carbonyl (C=O) groups excluding carboxylic acids is 1. The van der Waals surface area contributed by atoms with Gasteiger partial charge in [0.2, 0.25) is 5.91 Å². The topological polar surface area (TPSA) is 72.7 Å². The lowest BCUT2D eigenvalue weighted by Crippen LogP contribution is -2.40. The first kappa shape index (κ1) is 15.6. The number of carbonyl (C=O) groups is 1. The van der Waals surface area contributed by atoms with Crippen LogP contribution in [0.25, 0.3) is 0 Å². The molecule has 2 aromatic rings. The third-order valence-corrected chi connectivity index (χ3v) is 4.44. The van der Waals surface area contributed by atoms with Crippen LogP contribution in [-0.4, -0.2) is 32.2 Å². The quantitative estimate of drug-likeness (QED) is 0.941. The summed E-state index contributed by atoms with van der Waals surface area (Å²) >= 11 is 0. The van der Waals surface area contributed by atoms with Gasteiger partial charge in [-0.25, -0.2) is 4.68 Å². The Kier molecular flexibility index (Phi) is 5.34. The van der Waals surface area contributed by atoms with Crippen LogP contribution in [-0.2, 0) is 4.79 Å². The van der Waals surface area contributed by atoms with Gasteiger partial charge in [0, 0.05) is 6.04 Å². The number of amides is 1. The molecule has 1 N–H and O–H groups in total. The van der Waals surface area contributed by atoms with Crippen molar-refractivity contribution in [2.45, 2.75) is 57.0 Å². The summed E-state index contributed by atoms with van der Waals surface area (Å²) in [6, 6.07) is 9.40.